The van der Waals surface area contributed by atoms with Crippen molar-refractivity contribution < 1.29 is 19.1 Å². The summed E-state index contributed by atoms with van der Waals surface area (Å²) in [5, 5.41) is 3.57. The molecule has 150 valence electrons. The third kappa shape index (κ3) is 3.51. The highest BCUT2D eigenvalue weighted by Crippen LogP contribution is 2.31. The number of methoxy groups -OCH3 is 2. The van der Waals surface area contributed by atoms with Gasteiger partial charge in [0, 0.05) is 6.42 Å². The first-order chi connectivity index (χ1) is 13.9. The monoisotopic (exact) mass is 411 g/mol. The molecule has 1 atom stereocenters. The molecule has 1 fully saturated rings. The van der Waals surface area contributed by atoms with Crippen LogP contribution in [0.15, 0.2) is 42.5 Å². The number of imide groups is 1. The Balaban J connectivity index is 1.55. The zero-order valence-electron chi connectivity index (χ0n) is 16.4. The molecule has 0 spiro atoms. The minimum absolute atomic E-state index is 0.158. The molecule has 29 heavy (non-hydrogen) atoms. The van der Waals surface area contributed by atoms with Crippen LogP contribution in [0, 0.1) is 0 Å². The van der Waals surface area contributed by atoms with Gasteiger partial charge in [0.25, 0.3) is 5.91 Å². The van der Waals surface area contributed by atoms with Crippen LogP contribution >= 0.6 is 11.3 Å². The smallest absolute Gasteiger partial charge is 0.325 e. The van der Waals surface area contributed by atoms with Crippen molar-refractivity contribution in [1.29, 1.82) is 0 Å². The molecule has 2 heterocycles. The van der Waals surface area contributed by atoms with Crippen molar-refractivity contribution in [1.82, 2.24) is 15.2 Å². The van der Waals surface area contributed by atoms with Crippen molar-refractivity contribution in [3.05, 3.63) is 53.0 Å². The average molecular weight is 411 g/mol. The van der Waals surface area contributed by atoms with Crippen LogP contribution in [-0.2, 0) is 17.8 Å². The van der Waals surface area contributed by atoms with Gasteiger partial charge in [0.1, 0.15) is 10.5 Å². The molecule has 1 aliphatic heterocycles. The van der Waals surface area contributed by atoms with Crippen molar-refractivity contribution >= 4 is 33.5 Å². The molecule has 3 aromatic rings. The zero-order valence-corrected chi connectivity index (χ0v) is 17.2. The Bertz CT molecular complexity index is 1060. The standard InChI is InChI=1S/C21H21N3O4S/c1-21(11-13-8-9-15(27-2)16(10-13)28-3)19(25)24(20(26)23-21)12-18-22-14-6-4-5-7-17(14)29-18/h4-10H,11-12H2,1-3H3,(H,23,26)/t21-/m0/s1. The van der Waals surface area contributed by atoms with Gasteiger partial charge in [-0.25, -0.2) is 9.78 Å². The molecule has 1 aliphatic rings. The molecule has 1 N–H and O–H groups in total. The lowest BCUT2D eigenvalue weighted by Gasteiger charge is -2.22. The summed E-state index contributed by atoms with van der Waals surface area (Å²) in [6, 6.07) is 12.8. The summed E-state index contributed by atoms with van der Waals surface area (Å²) >= 11 is 1.49. The van der Waals surface area contributed by atoms with Gasteiger partial charge in [-0.05, 0) is 36.8 Å². The van der Waals surface area contributed by atoms with E-state index in [1.807, 2.05) is 36.4 Å². The van der Waals surface area contributed by atoms with E-state index in [4.69, 9.17) is 9.47 Å². The van der Waals surface area contributed by atoms with Crippen LogP contribution in [0.1, 0.15) is 17.5 Å². The SMILES string of the molecule is COc1ccc(C[C@]2(C)NC(=O)N(Cc3nc4ccccc4s3)C2=O)cc1OC. The van der Waals surface area contributed by atoms with Crippen molar-refractivity contribution in [2.45, 2.75) is 25.4 Å². The van der Waals surface area contributed by atoms with Gasteiger partial charge in [-0.2, -0.15) is 0 Å². The molecule has 0 radical (unpaired) electrons. The molecule has 8 heteroatoms. The third-order valence-corrected chi connectivity index (χ3v) is 6.00. The number of para-hydroxylation sites is 1. The first-order valence-corrected chi connectivity index (χ1v) is 9.94. The number of carbonyl (C=O) groups is 2. The first kappa shape index (κ1) is 19.2. The van der Waals surface area contributed by atoms with Gasteiger partial charge in [-0.3, -0.25) is 9.69 Å². The van der Waals surface area contributed by atoms with Crippen molar-refractivity contribution in [3.8, 4) is 11.5 Å². The van der Waals surface area contributed by atoms with Crippen molar-refractivity contribution in [2.75, 3.05) is 14.2 Å². The lowest BCUT2D eigenvalue weighted by molar-refractivity contribution is -0.131. The third-order valence-electron chi connectivity index (χ3n) is 4.98. The average Bonchev–Trinajstić information content (AvgIpc) is 3.21. The molecule has 3 amide bonds. The Hall–Kier alpha value is -3.13. The molecule has 1 saturated heterocycles. The number of nitrogens with zero attached hydrogens (tertiary/aromatic N) is 2. The Labute approximate surface area is 172 Å². The van der Waals surface area contributed by atoms with Crippen LogP contribution in [0.2, 0.25) is 0 Å². The van der Waals surface area contributed by atoms with Crippen LogP contribution in [0.25, 0.3) is 10.2 Å². The van der Waals surface area contributed by atoms with Gasteiger partial charge >= 0.3 is 6.03 Å². The quantitative estimate of drug-likeness (QED) is 0.629. The van der Waals surface area contributed by atoms with Crippen LogP contribution in [0.4, 0.5) is 4.79 Å². The van der Waals surface area contributed by atoms with Crippen LogP contribution in [-0.4, -0.2) is 41.6 Å². The molecule has 0 bridgehead atoms. The van der Waals surface area contributed by atoms with Gasteiger partial charge in [-0.15, -0.1) is 11.3 Å². The topological polar surface area (TPSA) is 80.8 Å². The number of thiazole rings is 1. The molecule has 4 rings (SSSR count). The van der Waals surface area contributed by atoms with Crippen molar-refractivity contribution in [3.63, 3.8) is 0 Å². The van der Waals surface area contributed by atoms with Gasteiger partial charge in [0.15, 0.2) is 11.5 Å². The molecule has 0 saturated carbocycles. The molecule has 2 aromatic carbocycles. The number of ether oxygens (including phenoxy) is 2. The van der Waals surface area contributed by atoms with E-state index in [1.165, 1.54) is 16.2 Å². The van der Waals surface area contributed by atoms with E-state index in [9.17, 15) is 9.59 Å². The maximum absolute atomic E-state index is 13.1. The number of carbonyl (C=O) groups excluding carboxylic acids is 2. The minimum Gasteiger partial charge on any atom is -0.493 e. The highest BCUT2D eigenvalue weighted by Gasteiger charge is 2.48. The number of hydrogen-bond acceptors (Lipinski definition) is 6. The lowest BCUT2D eigenvalue weighted by atomic mass is 9.92. The highest BCUT2D eigenvalue weighted by atomic mass is 32.1. The van der Waals surface area contributed by atoms with E-state index in [1.54, 1.807) is 27.2 Å². The fourth-order valence-electron chi connectivity index (χ4n) is 3.53. The lowest BCUT2D eigenvalue weighted by Crippen LogP contribution is -2.45. The second-order valence-electron chi connectivity index (χ2n) is 7.09. The van der Waals surface area contributed by atoms with Gasteiger partial charge in [0.2, 0.25) is 0 Å². The Morgan fingerprint density at radius 3 is 2.59 bits per heavy atom. The van der Waals surface area contributed by atoms with E-state index in [0.29, 0.717) is 17.9 Å². The van der Waals surface area contributed by atoms with Gasteiger partial charge < -0.3 is 14.8 Å². The highest BCUT2D eigenvalue weighted by molar-refractivity contribution is 7.18. The van der Waals surface area contributed by atoms with Crippen LogP contribution in [0.3, 0.4) is 0 Å². The molecule has 0 unspecified atom stereocenters. The van der Waals surface area contributed by atoms with E-state index in [-0.39, 0.29) is 12.5 Å². The molecular weight excluding hydrogens is 390 g/mol. The zero-order chi connectivity index (χ0) is 20.6. The summed E-state index contributed by atoms with van der Waals surface area (Å²) in [6.07, 6.45) is 0.342. The summed E-state index contributed by atoms with van der Waals surface area (Å²) in [6.45, 7) is 1.90. The fourth-order valence-corrected chi connectivity index (χ4v) is 4.49. The second-order valence-corrected chi connectivity index (χ2v) is 8.21. The van der Waals surface area contributed by atoms with Crippen molar-refractivity contribution in [2.24, 2.45) is 0 Å². The number of aromatic nitrogens is 1. The Morgan fingerprint density at radius 1 is 1.10 bits per heavy atom. The number of amides is 3. The number of nitrogens with one attached hydrogen (secondary N) is 1. The van der Waals surface area contributed by atoms with E-state index >= 15 is 0 Å². The first-order valence-electron chi connectivity index (χ1n) is 9.13. The predicted octanol–water partition coefficient (Wildman–Crippen LogP) is 3.37. The summed E-state index contributed by atoms with van der Waals surface area (Å²) in [4.78, 5) is 31.4. The summed E-state index contributed by atoms with van der Waals surface area (Å²) in [5.74, 6) is 0.925. The summed E-state index contributed by atoms with van der Waals surface area (Å²) in [7, 11) is 3.13. The second kappa shape index (κ2) is 7.36. The molecular formula is C21H21N3O4S. The largest absolute Gasteiger partial charge is 0.493 e. The normalized spacial score (nSPS) is 18.9. The number of rotatable bonds is 6. The van der Waals surface area contributed by atoms with Crippen LogP contribution < -0.4 is 14.8 Å². The minimum atomic E-state index is -1.03. The number of hydrogen-bond donors (Lipinski definition) is 1. The van der Waals surface area contributed by atoms with E-state index in [2.05, 4.69) is 10.3 Å². The molecule has 0 aliphatic carbocycles. The van der Waals surface area contributed by atoms with Gasteiger partial charge in [-0.1, -0.05) is 18.2 Å². The maximum Gasteiger partial charge on any atom is 0.325 e. The van der Waals surface area contributed by atoms with Gasteiger partial charge in [0.05, 0.1) is 31.0 Å². The number of urea groups is 1. The Kier molecular flexibility index (Phi) is 4.87. The Morgan fingerprint density at radius 2 is 1.86 bits per heavy atom. The summed E-state index contributed by atoms with van der Waals surface area (Å²) < 4.78 is 11.6. The molecule has 7 nitrogen and oxygen atoms in total. The predicted molar refractivity (Wildman–Crippen MR) is 110 cm³/mol. The maximum atomic E-state index is 13.1. The van der Waals surface area contributed by atoms with Crippen LogP contribution in [0.5, 0.6) is 11.5 Å². The van der Waals surface area contributed by atoms with E-state index < -0.39 is 11.6 Å². The summed E-state index contributed by atoms with van der Waals surface area (Å²) in [5.41, 5.74) is 0.696. The fraction of sp³-hybridized carbons (Fsp3) is 0.286. The van der Waals surface area contributed by atoms with E-state index in [0.717, 1.165) is 20.8 Å². The number of benzene rings is 2. The number of fused-ring (bicyclic) bond motifs is 1. The molecule has 1 aromatic heterocycles.